The number of nitrogen functional groups attached to an aromatic ring is 1. The molecule has 1 aromatic rings. The van der Waals surface area contributed by atoms with Crippen LogP contribution in [0.4, 0.5) is 5.95 Å². The van der Waals surface area contributed by atoms with Crippen molar-refractivity contribution in [2.75, 3.05) is 5.73 Å². The van der Waals surface area contributed by atoms with Crippen molar-refractivity contribution >= 4 is 16.3 Å². The van der Waals surface area contributed by atoms with E-state index in [1.54, 1.807) is 6.20 Å². The number of nitrogens with one attached hydrogen (secondary N) is 1. The molecule has 12 heavy (non-hydrogen) atoms. The van der Waals surface area contributed by atoms with Crippen LogP contribution in [-0.4, -0.2) is 27.5 Å². The molecule has 0 atom stereocenters. The molecule has 8 heteroatoms. The highest BCUT2D eigenvalue weighted by Gasteiger charge is 1.85. The number of aromatic nitrogens is 2. The number of aromatic amines is 1. The van der Waals surface area contributed by atoms with Gasteiger partial charge in [-0.1, -0.05) is 0 Å². The Labute approximate surface area is 69.2 Å². The average molecular weight is 195 g/mol. The van der Waals surface area contributed by atoms with E-state index < -0.39 is 10.4 Å². The van der Waals surface area contributed by atoms with Crippen LogP contribution in [0.1, 0.15) is 5.69 Å². The lowest BCUT2D eigenvalue weighted by Crippen LogP contribution is -1.89. The van der Waals surface area contributed by atoms with Gasteiger partial charge in [-0.05, 0) is 6.92 Å². The minimum absolute atomic E-state index is 0.484. The number of nitrogens with two attached hydrogens (primary N) is 1. The first kappa shape index (κ1) is 10.9. The minimum Gasteiger partial charge on any atom is -0.369 e. The van der Waals surface area contributed by atoms with E-state index in [0.717, 1.165) is 5.69 Å². The van der Waals surface area contributed by atoms with E-state index in [1.807, 2.05) is 6.92 Å². The smallest absolute Gasteiger partial charge is 0.369 e. The molecule has 0 saturated heterocycles. The lowest BCUT2D eigenvalue weighted by atomic mass is 10.6. The Morgan fingerprint density at radius 1 is 1.58 bits per heavy atom. The molecular formula is C4H9N3O4S. The van der Waals surface area contributed by atoms with Crippen LogP contribution in [0.2, 0.25) is 0 Å². The van der Waals surface area contributed by atoms with E-state index >= 15 is 0 Å². The molecule has 0 aliphatic heterocycles. The SMILES string of the molecule is Cc1cnc(N)[nH]1.O=S(=O)(O)O. The molecule has 0 amide bonds. The van der Waals surface area contributed by atoms with Crippen LogP contribution in [0.25, 0.3) is 0 Å². The summed E-state index contributed by atoms with van der Waals surface area (Å²) in [4.78, 5) is 6.54. The van der Waals surface area contributed by atoms with Crippen LogP contribution in [-0.2, 0) is 10.4 Å². The van der Waals surface area contributed by atoms with Gasteiger partial charge in [-0.3, -0.25) is 9.11 Å². The van der Waals surface area contributed by atoms with Gasteiger partial charge in [0.2, 0.25) is 0 Å². The van der Waals surface area contributed by atoms with Gasteiger partial charge in [0.15, 0.2) is 5.95 Å². The zero-order chi connectivity index (χ0) is 9.78. The largest absolute Gasteiger partial charge is 0.394 e. The number of H-pyrrole nitrogens is 1. The second-order valence-corrected chi connectivity index (χ2v) is 2.79. The van der Waals surface area contributed by atoms with Crippen molar-refractivity contribution in [3.63, 3.8) is 0 Å². The number of aryl methyl sites for hydroxylation is 1. The fourth-order valence-corrected chi connectivity index (χ4v) is 0.433. The zero-order valence-corrected chi connectivity index (χ0v) is 7.04. The second kappa shape index (κ2) is 4.04. The standard InChI is InChI=1S/C4H7N3.H2O4S/c1-3-2-6-4(5)7-3;1-5(2,3)4/h2H,1H3,(H3,5,6,7);(H2,1,2,3,4). The Hall–Kier alpha value is -1.12. The van der Waals surface area contributed by atoms with Crippen molar-refractivity contribution < 1.29 is 17.5 Å². The predicted molar refractivity (Wildman–Crippen MR) is 41.9 cm³/mol. The van der Waals surface area contributed by atoms with Crippen molar-refractivity contribution in [3.05, 3.63) is 11.9 Å². The topological polar surface area (TPSA) is 129 Å². The Morgan fingerprint density at radius 3 is 2.08 bits per heavy atom. The minimum atomic E-state index is -4.67. The summed E-state index contributed by atoms with van der Waals surface area (Å²) in [6.45, 7) is 1.91. The van der Waals surface area contributed by atoms with Crippen LogP contribution in [0.5, 0.6) is 0 Å². The molecular weight excluding hydrogens is 186 g/mol. The number of imidazole rings is 1. The highest BCUT2D eigenvalue weighted by atomic mass is 32.3. The quantitative estimate of drug-likeness (QED) is 0.418. The van der Waals surface area contributed by atoms with Gasteiger partial charge in [-0.2, -0.15) is 8.42 Å². The predicted octanol–water partition coefficient (Wildman–Crippen LogP) is -0.352. The van der Waals surface area contributed by atoms with Crippen molar-refractivity contribution in [1.82, 2.24) is 9.97 Å². The van der Waals surface area contributed by atoms with Crippen molar-refractivity contribution in [3.8, 4) is 0 Å². The molecule has 0 saturated carbocycles. The van der Waals surface area contributed by atoms with E-state index in [9.17, 15) is 0 Å². The van der Waals surface area contributed by atoms with E-state index in [-0.39, 0.29) is 0 Å². The maximum atomic E-state index is 8.74. The fourth-order valence-electron chi connectivity index (χ4n) is 0.433. The first-order chi connectivity index (χ1) is 5.29. The van der Waals surface area contributed by atoms with Gasteiger partial charge in [0.05, 0.1) is 0 Å². The van der Waals surface area contributed by atoms with Gasteiger partial charge in [0, 0.05) is 11.9 Å². The third-order valence-electron chi connectivity index (χ3n) is 0.723. The van der Waals surface area contributed by atoms with Crippen LogP contribution < -0.4 is 5.73 Å². The molecule has 7 nitrogen and oxygen atoms in total. The molecule has 0 aliphatic carbocycles. The van der Waals surface area contributed by atoms with Crippen molar-refractivity contribution in [1.29, 1.82) is 0 Å². The molecule has 0 bridgehead atoms. The summed E-state index contributed by atoms with van der Waals surface area (Å²) in [5, 5.41) is 0. The molecule has 1 rings (SSSR count). The number of nitrogens with zero attached hydrogens (tertiary/aromatic N) is 1. The normalized spacial score (nSPS) is 10.2. The monoisotopic (exact) mass is 195 g/mol. The second-order valence-electron chi connectivity index (χ2n) is 1.90. The maximum absolute atomic E-state index is 8.74. The van der Waals surface area contributed by atoms with Crippen LogP contribution in [0, 0.1) is 6.92 Å². The molecule has 0 unspecified atom stereocenters. The summed E-state index contributed by atoms with van der Waals surface area (Å²) < 4.78 is 31.6. The molecule has 1 aromatic heterocycles. The fraction of sp³-hybridized carbons (Fsp3) is 0.250. The van der Waals surface area contributed by atoms with Gasteiger partial charge < -0.3 is 10.7 Å². The highest BCUT2D eigenvalue weighted by Crippen LogP contribution is 1.92. The number of anilines is 1. The van der Waals surface area contributed by atoms with Crippen molar-refractivity contribution in [2.45, 2.75) is 6.92 Å². The first-order valence-electron chi connectivity index (χ1n) is 2.76. The zero-order valence-electron chi connectivity index (χ0n) is 6.22. The Bertz CT molecular complexity index is 305. The maximum Gasteiger partial charge on any atom is 0.394 e. The van der Waals surface area contributed by atoms with E-state index in [2.05, 4.69) is 9.97 Å². The molecule has 70 valence electrons. The molecule has 0 aliphatic rings. The Balaban J connectivity index is 0.000000217. The van der Waals surface area contributed by atoms with Gasteiger partial charge in [-0.15, -0.1) is 0 Å². The summed E-state index contributed by atoms with van der Waals surface area (Å²) in [6, 6.07) is 0. The summed E-state index contributed by atoms with van der Waals surface area (Å²) in [7, 11) is -4.67. The molecule has 0 fully saturated rings. The molecule has 0 aromatic carbocycles. The average Bonchev–Trinajstić information content (AvgIpc) is 2.09. The third-order valence-corrected chi connectivity index (χ3v) is 0.723. The number of rotatable bonds is 0. The number of hydrogen-bond acceptors (Lipinski definition) is 4. The lowest BCUT2D eigenvalue weighted by Gasteiger charge is -1.75. The Morgan fingerprint density at radius 2 is 2.00 bits per heavy atom. The first-order valence-corrected chi connectivity index (χ1v) is 4.15. The van der Waals surface area contributed by atoms with E-state index in [1.165, 1.54) is 0 Å². The number of hydrogen-bond donors (Lipinski definition) is 4. The van der Waals surface area contributed by atoms with Gasteiger partial charge in [0.1, 0.15) is 0 Å². The Kier molecular flexibility index (Phi) is 3.67. The molecule has 0 spiro atoms. The molecule has 5 N–H and O–H groups in total. The van der Waals surface area contributed by atoms with Gasteiger partial charge >= 0.3 is 10.4 Å². The van der Waals surface area contributed by atoms with Crippen LogP contribution in [0.15, 0.2) is 6.20 Å². The van der Waals surface area contributed by atoms with E-state index in [4.69, 9.17) is 23.3 Å². The van der Waals surface area contributed by atoms with Crippen LogP contribution >= 0.6 is 0 Å². The summed E-state index contributed by atoms with van der Waals surface area (Å²) in [5.41, 5.74) is 6.21. The van der Waals surface area contributed by atoms with Gasteiger partial charge in [0.25, 0.3) is 0 Å². The summed E-state index contributed by atoms with van der Waals surface area (Å²) >= 11 is 0. The van der Waals surface area contributed by atoms with Crippen LogP contribution in [0.3, 0.4) is 0 Å². The molecule has 1 heterocycles. The third kappa shape index (κ3) is 8.88. The summed E-state index contributed by atoms with van der Waals surface area (Å²) in [5.74, 6) is 0.484. The van der Waals surface area contributed by atoms with E-state index in [0.29, 0.717) is 5.95 Å². The van der Waals surface area contributed by atoms with Gasteiger partial charge in [-0.25, -0.2) is 4.98 Å². The molecule has 0 radical (unpaired) electrons. The van der Waals surface area contributed by atoms with Crippen molar-refractivity contribution in [2.24, 2.45) is 0 Å². The highest BCUT2D eigenvalue weighted by molar-refractivity contribution is 7.79. The lowest BCUT2D eigenvalue weighted by molar-refractivity contribution is 0.381. The summed E-state index contributed by atoms with van der Waals surface area (Å²) in [6.07, 6.45) is 1.69.